The molecule has 0 unspecified atom stereocenters. The van der Waals surface area contributed by atoms with Gasteiger partial charge in [0, 0.05) is 5.56 Å². The van der Waals surface area contributed by atoms with Crippen LogP contribution in [0.4, 0.5) is 17.1 Å². The second-order valence-electron chi connectivity index (χ2n) is 6.14. The fourth-order valence-electron chi connectivity index (χ4n) is 2.58. The minimum atomic E-state index is 0.486. The Bertz CT molecular complexity index is 1170. The minimum absolute atomic E-state index is 0.486. The summed E-state index contributed by atoms with van der Waals surface area (Å²) in [5.74, 6) is 1.33. The van der Waals surface area contributed by atoms with Crippen molar-refractivity contribution < 1.29 is 4.42 Å². The zero-order chi connectivity index (χ0) is 20.1. The third kappa shape index (κ3) is 4.99. The van der Waals surface area contributed by atoms with E-state index in [4.69, 9.17) is 27.6 Å². The summed E-state index contributed by atoms with van der Waals surface area (Å²) >= 11 is 12.0. The predicted molar refractivity (Wildman–Crippen MR) is 118 cm³/mol. The summed E-state index contributed by atoms with van der Waals surface area (Å²) in [7, 11) is 0. The van der Waals surface area contributed by atoms with E-state index < -0.39 is 0 Å². The van der Waals surface area contributed by atoms with Crippen LogP contribution in [0.2, 0.25) is 10.0 Å². The quantitative estimate of drug-likeness (QED) is 0.236. The molecule has 0 aliphatic carbocycles. The maximum absolute atomic E-state index is 6.07. The molecule has 0 saturated heterocycles. The van der Waals surface area contributed by atoms with Gasteiger partial charge in [-0.25, -0.2) is 0 Å². The Balaban J connectivity index is 1.43. The van der Waals surface area contributed by atoms with Gasteiger partial charge in [0.1, 0.15) is 11.5 Å². The molecule has 29 heavy (non-hydrogen) atoms. The molecule has 0 fully saturated rings. The van der Waals surface area contributed by atoms with E-state index in [0.29, 0.717) is 21.6 Å². The Kier molecular flexibility index (Phi) is 5.84. The van der Waals surface area contributed by atoms with E-state index in [0.717, 1.165) is 22.6 Å². The zero-order valence-electron chi connectivity index (χ0n) is 15.2. The van der Waals surface area contributed by atoms with E-state index >= 15 is 0 Å². The summed E-state index contributed by atoms with van der Waals surface area (Å²) in [6.07, 6.45) is 1.67. The lowest BCUT2D eigenvalue weighted by Crippen LogP contribution is -1.76. The number of aliphatic imine (C=N–C) groups is 1. The van der Waals surface area contributed by atoms with Crippen LogP contribution in [-0.2, 0) is 0 Å². The van der Waals surface area contributed by atoms with Gasteiger partial charge >= 0.3 is 0 Å². The van der Waals surface area contributed by atoms with Crippen LogP contribution >= 0.6 is 23.2 Å². The molecule has 4 aromatic rings. The summed E-state index contributed by atoms with van der Waals surface area (Å²) in [6, 6.07) is 26.2. The molecule has 0 atom stereocenters. The van der Waals surface area contributed by atoms with Gasteiger partial charge in [0.05, 0.1) is 33.3 Å². The summed E-state index contributed by atoms with van der Waals surface area (Å²) in [6.45, 7) is 0. The number of azo groups is 1. The normalized spacial score (nSPS) is 11.5. The summed E-state index contributed by atoms with van der Waals surface area (Å²) < 4.78 is 5.81. The van der Waals surface area contributed by atoms with Crippen LogP contribution in [0.25, 0.3) is 11.3 Å². The molecule has 0 amide bonds. The van der Waals surface area contributed by atoms with Gasteiger partial charge < -0.3 is 4.42 Å². The zero-order valence-corrected chi connectivity index (χ0v) is 16.7. The van der Waals surface area contributed by atoms with Crippen LogP contribution in [0, 0.1) is 0 Å². The first kappa shape index (κ1) is 19.1. The molecule has 6 heteroatoms. The van der Waals surface area contributed by atoms with Crippen LogP contribution in [0.15, 0.2) is 105 Å². The second-order valence-corrected chi connectivity index (χ2v) is 6.96. The van der Waals surface area contributed by atoms with Gasteiger partial charge in [0.2, 0.25) is 0 Å². The fraction of sp³-hybridized carbons (Fsp3) is 0. The molecule has 142 valence electrons. The number of hydrogen-bond acceptors (Lipinski definition) is 4. The van der Waals surface area contributed by atoms with Crippen molar-refractivity contribution >= 4 is 46.5 Å². The Hall–Kier alpha value is -3.21. The molecule has 0 N–H and O–H groups in total. The minimum Gasteiger partial charge on any atom is -0.455 e. The van der Waals surface area contributed by atoms with Crippen LogP contribution in [0.3, 0.4) is 0 Å². The molecule has 0 saturated carbocycles. The van der Waals surface area contributed by atoms with Crippen LogP contribution in [0.5, 0.6) is 0 Å². The van der Waals surface area contributed by atoms with E-state index in [1.807, 2.05) is 72.8 Å². The fourth-order valence-corrected chi connectivity index (χ4v) is 2.88. The van der Waals surface area contributed by atoms with E-state index in [2.05, 4.69) is 15.2 Å². The summed E-state index contributed by atoms with van der Waals surface area (Å²) in [5, 5.41) is 9.41. The predicted octanol–water partition coefficient (Wildman–Crippen LogP) is 8.42. The second kappa shape index (κ2) is 8.86. The molecular formula is C23H15Cl2N3O. The Morgan fingerprint density at radius 1 is 0.655 bits per heavy atom. The number of benzene rings is 3. The molecule has 3 aromatic carbocycles. The lowest BCUT2D eigenvalue weighted by atomic mass is 10.2. The van der Waals surface area contributed by atoms with Crippen molar-refractivity contribution in [3.63, 3.8) is 0 Å². The van der Waals surface area contributed by atoms with Gasteiger partial charge in [-0.3, -0.25) is 4.99 Å². The van der Waals surface area contributed by atoms with Gasteiger partial charge in [-0.05, 0) is 66.7 Å². The van der Waals surface area contributed by atoms with Crippen LogP contribution < -0.4 is 0 Å². The highest BCUT2D eigenvalue weighted by molar-refractivity contribution is 6.42. The van der Waals surface area contributed by atoms with Crippen LogP contribution in [-0.4, -0.2) is 6.21 Å². The molecule has 0 aliphatic heterocycles. The molecule has 4 rings (SSSR count). The summed E-state index contributed by atoms with van der Waals surface area (Å²) in [5.41, 5.74) is 3.21. The smallest absolute Gasteiger partial charge is 0.145 e. The maximum Gasteiger partial charge on any atom is 0.145 e. The van der Waals surface area contributed by atoms with Gasteiger partial charge in [0.15, 0.2) is 0 Å². The molecular weight excluding hydrogens is 405 g/mol. The van der Waals surface area contributed by atoms with Crippen molar-refractivity contribution in [2.45, 2.75) is 0 Å². The van der Waals surface area contributed by atoms with Crippen molar-refractivity contribution in [2.24, 2.45) is 15.2 Å². The first-order chi connectivity index (χ1) is 14.2. The monoisotopic (exact) mass is 419 g/mol. The third-order valence-electron chi connectivity index (χ3n) is 4.06. The lowest BCUT2D eigenvalue weighted by molar-refractivity contribution is 0.575. The maximum atomic E-state index is 6.07. The molecule has 0 spiro atoms. The third-order valence-corrected chi connectivity index (χ3v) is 4.80. The average Bonchev–Trinajstić information content (AvgIpc) is 3.23. The number of hydrogen-bond donors (Lipinski definition) is 0. The highest BCUT2D eigenvalue weighted by atomic mass is 35.5. The van der Waals surface area contributed by atoms with Crippen LogP contribution in [0.1, 0.15) is 5.76 Å². The molecule has 1 aromatic heterocycles. The summed E-state index contributed by atoms with van der Waals surface area (Å²) in [4.78, 5) is 4.44. The first-order valence-electron chi connectivity index (χ1n) is 8.83. The number of furan rings is 1. The van der Waals surface area contributed by atoms with Gasteiger partial charge in [0.25, 0.3) is 0 Å². The lowest BCUT2D eigenvalue weighted by Gasteiger charge is -1.99. The van der Waals surface area contributed by atoms with Crippen molar-refractivity contribution in [3.8, 4) is 11.3 Å². The standard InChI is InChI=1S/C23H15Cl2N3O/c24-21-12-6-16(14-22(21)25)23-13-11-20(29-23)15-26-17-7-9-19(10-8-17)28-27-18-4-2-1-3-5-18/h1-15H. The van der Waals surface area contributed by atoms with Gasteiger partial charge in [-0.1, -0.05) is 41.4 Å². The highest BCUT2D eigenvalue weighted by Gasteiger charge is 2.06. The number of nitrogens with zero attached hydrogens (tertiary/aromatic N) is 3. The number of rotatable bonds is 5. The number of halogens is 2. The Labute approximate surface area is 178 Å². The molecule has 0 bridgehead atoms. The van der Waals surface area contributed by atoms with E-state index in [1.165, 1.54) is 0 Å². The van der Waals surface area contributed by atoms with Gasteiger partial charge in [-0.2, -0.15) is 10.2 Å². The topological polar surface area (TPSA) is 50.2 Å². The average molecular weight is 420 g/mol. The molecule has 0 radical (unpaired) electrons. The Morgan fingerprint density at radius 3 is 2.07 bits per heavy atom. The SMILES string of the molecule is Clc1ccc(-c2ccc(C=Nc3ccc(N=Nc4ccccc4)cc3)o2)cc1Cl. The van der Waals surface area contributed by atoms with E-state index in [1.54, 1.807) is 18.3 Å². The molecule has 1 heterocycles. The van der Waals surface area contributed by atoms with Gasteiger partial charge in [-0.15, -0.1) is 0 Å². The van der Waals surface area contributed by atoms with Crippen molar-refractivity contribution in [1.29, 1.82) is 0 Å². The highest BCUT2D eigenvalue weighted by Crippen LogP contribution is 2.29. The van der Waals surface area contributed by atoms with Crippen molar-refractivity contribution in [2.75, 3.05) is 0 Å². The van der Waals surface area contributed by atoms with Crippen molar-refractivity contribution in [3.05, 3.63) is 101 Å². The van der Waals surface area contributed by atoms with E-state index in [-0.39, 0.29) is 0 Å². The largest absolute Gasteiger partial charge is 0.455 e. The van der Waals surface area contributed by atoms with Crippen molar-refractivity contribution in [1.82, 2.24) is 0 Å². The van der Waals surface area contributed by atoms with E-state index in [9.17, 15) is 0 Å². The first-order valence-corrected chi connectivity index (χ1v) is 9.59. The molecule has 4 nitrogen and oxygen atoms in total. The Morgan fingerprint density at radius 2 is 1.34 bits per heavy atom. The molecule has 0 aliphatic rings.